The topological polar surface area (TPSA) is 77.6 Å². The fraction of sp³-hybridized carbons (Fsp3) is 0.200. The number of aryl methyl sites for hydroxylation is 1. The molecule has 0 amide bonds. The quantitative estimate of drug-likeness (QED) is 0.793. The summed E-state index contributed by atoms with van der Waals surface area (Å²) in [5.41, 5.74) is 7.24. The minimum absolute atomic E-state index is 0.220. The van der Waals surface area contributed by atoms with Gasteiger partial charge in [0.05, 0.1) is 0 Å². The fourth-order valence-corrected chi connectivity index (χ4v) is 1.61. The first kappa shape index (κ1) is 10.8. The van der Waals surface area contributed by atoms with Crippen molar-refractivity contribution in [2.24, 2.45) is 0 Å². The first-order valence-corrected chi connectivity index (χ1v) is 5.91. The number of nitrogens with zero attached hydrogens (tertiary/aromatic N) is 4. The zero-order valence-corrected chi connectivity index (χ0v) is 9.82. The van der Waals surface area contributed by atoms with E-state index in [1.54, 1.807) is 0 Å². The minimum atomic E-state index is 0.220. The van der Waals surface area contributed by atoms with Crippen LogP contribution in [0.5, 0.6) is 0 Å². The van der Waals surface area contributed by atoms with Crippen molar-refractivity contribution in [1.82, 2.24) is 19.9 Å². The molecule has 0 saturated carbocycles. The molecule has 82 valence electrons. The molecule has 0 atom stereocenters. The van der Waals surface area contributed by atoms with Crippen LogP contribution in [0.4, 0.5) is 5.95 Å². The van der Waals surface area contributed by atoms with E-state index < -0.39 is 0 Å². The average molecular weight is 233 g/mol. The number of nitrogen functional groups attached to an aromatic ring is 1. The molecule has 0 fully saturated rings. The van der Waals surface area contributed by atoms with E-state index in [1.807, 2.05) is 31.4 Å². The number of rotatable bonds is 2. The van der Waals surface area contributed by atoms with Crippen LogP contribution in [-0.4, -0.2) is 26.2 Å². The van der Waals surface area contributed by atoms with Gasteiger partial charge in [0.2, 0.25) is 5.95 Å². The van der Waals surface area contributed by atoms with Gasteiger partial charge < -0.3 is 5.73 Å². The lowest BCUT2D eigenvalue weighted by Crippen LogP contribution is -2.02. The van der Waals surface area contributed by atoms with Gasteiger partial charge in [0.1, 0.15) is 5.69 Å². The second-order valence-electron chi connectivity index (χ2n) is 3.17. The van der Waals surface area contributed by atoms with Crippen molar-refractivity contribution in [1.29, 1.82) is 0 Å². The van der Waals surface area contributed by atoms with Crippen molar-refractivity contribution in [3.05, 3.63) is 23.9 Å². The van der Waals surface area contributed by atoms with Crippen LogP contribution in [0.15, 0.2) is 23.4 Å². The molecule has 5 nitrogen and oxygen atoms in total. The second kappa shape index (κ2) is 4.44. The molecule has 0 spiro atoms. The van der Waals surface area contributed by atoms with Crippen molar-refractivity contribution in [2.45, 2.75) is 12.1 Å². The Kier molecular flexibility index (Phi) is 3.00. The summed E-state index contributed by atoms with van der Waals surface area (Å²) in [4.78, 5) is 16.7. The molecule has 2 aromatic heterocycles. The molecule has 2 heterocycles. The van der Waals surface area contributed by atoms with Gasteiger partial charge in [-0.1, -0.05) is 17.8 Å². The molecule has 0 aliphatic heterocycles. The number of pyridine rings is 1. The second-order valence-corrected chi connectivity index (χ2v) is 3.94. The zero-order valence-electron chi connectivity index (χ0n) is 9.01. The number of hydrogen-bond donors (Lipinski definition) is 1. The first-order valence-electron chi connectivity index (χ1n) is 4.68. The molecule has 6 heteroatoms. The number of nitrogens with two attached hydrogens (primary N) is 1. The lowest BCUT2D eigenvalue weighted by molar-refractivity contribution is 0.920. The summed E-state index contributed by atoms with van der Waals surface area (Å²) in [7, 11) is 0. The number of hydrogen-bond acceptors (Lipinski definition) is 6. The minimum Gasteiger partial charge on any atom is -0.368 e. The Hall–Kier alpha value is -1.69. The maximum Gasteiger partial charge on any atom is 0.224 e. The Balaban J connectivity index is 2.51. The van der Waals surface area contributed by atoms with E-state index in [4.69, 9.17) is 5.73 Å². The number of aromatic nitrogens is 4. The Morgan fingerprint density at radius 3 is 2.62 bits per heavy atom. The van der Waals surface area contributed by atoms with Gasteiger partial charge in [0.25, 0.3) is 0 Å². The molecule has 0 aliphatic rings. The maximum absolute atomic E-state index is 5.61. The van der Waals surface area contributed by atoms with E-state index in [0.29, 0.717) is 16.7 Å². The number of anilines is 1. The largest absolute Gasteiger partial charge is 0.368 e. The highest BCUT2D eigenvalue weighted by molar-refractivity contribution is 7.98. The molecule has 0 radical (unpaired) electrons. The van der Waals surface area contributed by atoms with Gasteiger partial charge in [0, 0.05) is 5.69 Å². The first-order chi connectivity index (χ1) is 7.69. The Morgan fingerprint density at radius 1 is 1.12 bits per heavy atom. The van der Waals surface area contributed by atoms with E-state index in [9.17, 15) is 0 Å². The van der Waals surface area contributed by atoms with Crippen molar-refractivity contribution in [2.75, 3.05) is 12.0 Å². The van der Waals surface area contributed by atoms with Crippen LogP contribution in [-0.2, 0) is 0 Å². The van der Waals surface area contributed by atoms with Crippen LogP contribution in [0.1, 0.15) is 5.69 Å². The highest BCUT2D eigenvalue weighted by atomic mass is 32.2. The van der Waals surface area contributed by atoms with Gasteiger partial charge in [-0.25, -0.2) is 9.97 Å². The Labute approximate surface area is 97.6 Å². The lowest BCUT2D eigenvalue weighted by atomic mass is 10.3. The van der Waals surface area contributed by atoms with Crippen LogP contribution in [0.25, 0.3) is 11.5 Å². The lowest BCUT2D eigenvalue weighted by Gasteiger charge is -2.02. The van der Waals surface area contributed by atoms with Crippen LogP contribution in [0.2, 0.25) is 0 Å². The van der Waals surface area contributed by atoms with Crippen molar-refractivity contribution in [3.63, 3.8) is 0 Å². The summed E-state index contributed by atoms with van der Waals surface area (Å²) in [6, 6.07) is 5.69. The molecular formula is C10H11N5S. The van der Waals surface area contributed by atoms with Gasteiger partial charge in [-0.15, -0.1) is 0 Å². The van der Waals surface area contributed by atoms with Gasteiger partial charge in [-0.05, 0) is 25.3 Å². The van der Waals surface area contributed by atoms with E-state index in [-0.39, 0.29) is 5.95 Å². The molecule has 2 rings (SSSR count). The van der Waals surface area contributed by atoms with Crippen molar-refractivity contribution >= 4 is 17.7 Å². The average Bonchev–Trinajstić information content (AvgIpc) is 2.28. The SMILES string of the molecule is CSc1nc(N)nc(-c2cccc(C)n2)n1. The fourth-order valence-electron chi connectivity index (χ4n) is 1.25. The molecule has 0 bridgehead atoms. The summed E-state index contributed by atoms with van der Waals surface area (Å²) in [6.07, 6.45) is 1.89. The van der Waals surface area contributed by atoms with Crippen LogP contribution in [0.3, 0.4) is 0 Å². The summed E-state index contributed by atoms with van der Waals surface area (Å²) < 4.78 is 0. The third kappa shape index (κ3) is 2.27. The molecule has 2 aromatic rings. The van der Waals surface area contributed by atoms with Crippen LogP contribution >= 0.6 is 11.8 Å². The Bertz CT molecular complexity index is 514. The Morgan fingerprint density at radius 2 is 1.94 bits per heavy atom. The predicted molar refractivity (Wildman–Crippen MR) is 64.0 cm³/mol. The predicted octanol–water partition coefficient (Wildman–Crippen LogP) is 1.55. The van der Waals surface area contributed by atoms with E-state index in [1.165, 1.54) is 11.8 Å². The highest BCUT2D eigenvalue weighted by Crippen LogP contribution is 2.16. The van der Waals surface area contributed by atoms with Crippen molar-refractivity contribution in [3.8, 4) is 11.5 Å². The van der Waals surface area contributed by atoms with E-state index >= 15 is 0 Å². The monoisotopic (exact) mass is 233 g/mol. The molecule has 0 saturated heterocycles. The van der Waals surface area contributed by atoms with Crippen LogP contribution in [0, 0.1) is 6.92 Å². The van der Waals surface area contributed by atoms with Gasteiger partial charge in [-0.2, -0.15) is 9.97 Å². The van der Waals surface area contributed by atoms with Gasteiger partial charge in [0.15, 0.2) is 11.0 Å². The standard InChI is InChI=1S/C10H11N5S/c1-6-4-3-5-7(12-6)8-13-9(11)15-10(14-8)16-2/h3-5H,1-2H3,(H2,11,13,14,15). The molecule has 2 N–H and O–H groups in total. The number of thioether (sulfide) groups is 1. The van der Waals surface area contributed by atoms with Gasteiger partial charge >= 0.3 is 0 Å². The smallest absolute Gasteiger partial charge is 0.224 e. The maximum atomic E-state index is 5.61. The third-order valence-electron chi connectivity index (χ3n) is 1.93. The molecule has 0 unspecified atom stereocenters. The summed E-state index contributed by atoms with van der Waals surface area (Å²) in [5, 5.41) is 0.603. The van der Waals surface area contributed by atoms with E-state index in [2.05, 4.69) is 19.9 Å². The molecular weight excluding hydrogens is 222 g/mol. The zero-order chi connectivity index (χ0) is 11.5. The molecule has 0 aromatic carbocycles. The van der Waals surface area contributed by atoms with Gasteiger partial charge in [-0.3, -0.25) is 0 Å². The molecule has 0 aliphatic carbocycles. The van der Waals surface area contributed by atoms with Crippen LogP contribution < -0.4 is 5.73 Å². The normalized spacial score (nSPS) is 10.4. The third-order valence-corrected chi connectivity index (χ3v) is 2.48. The summed E-state index contributed by atoms with van der Waals surface area (Å²) >= 11 is 1.43. The summed E-state index contributed by atoms with van der Waals surface area (Å²) in [6.45, 7) is 1.92. The van der Waals surface area contributed by atoms with E-state index in [0.717, 1.165) is 5.69 Å². The highest BCUT2D eigenvalue weighted by Gasteiger charge is 2.07. The van der Waals surface area contributed by atoms with Crippen molar-refractivity contribution < 1.29 is 0 Å². The molecule has 16 heavy (non-hydrogen) atoms. The summed E-state index contributed by atoms with van der Waals surface area (Å²) in [5.74, 6) is 0.734.